The van der Waals surface area contributed by atoms with Gasteiger partial charge in [0.25, 0.3) is 0 Å². The number of benzene rings is 1. The second-order valence-electron chi connectivity index (χ2n) is 3.87. The molecule has 0 radical (unpaired) electrons. The van der Waals surface area contributed by atoms with Gasteiger partial charge in [0.2, 0.25) is 11.8 Å². The first-order chi connectivity index (χ1) is 9.63. The van der Waals surface area contributed by atoms with Gasteiger partial charge in [-0.05, 0) is 12.1 Å². The van der Waals surface area contributed by atoms with Crippen molar-refractivity contribution in [1.82, 2.24) is 10.7 Å². The highest BCUT2D eigenvalue weighted by Gasteiger charge is 2.07. The van der Waals surface area contributed by atoms with Gasteiger partial charge in [0.1, 0.15) is 12.2 Å². The van der Waals surface area contributed by atoms with Crippen molar-refractivity contribution in [3.8, 4) is 5.75 Å². The molecular formula is C13H17N3O4. The molecule has 0 spiro atoms. The molecule has 0 heterocycles. The second-order valence-corrected chi connectivity index (χ2v) is 3.87. The van der Waals surface area contributed by atoms with Crippen molar-refractivity contribution in [2.24, 2.45) is 5.10 Å². The number of nitrogens with one attached hydrogen (secondary N) is 2. The topological polar surface area (TPSA) is 100 Å². The molecule has 108 valence electrons. The highest BCUT2D eigenvalue weighted by molar-refractivity contribution is 5.97. The molecule has 3 N–H and O–H groups in total. The third-order valence-corrected chi connectivity index (χ3v) is 2.28. The first kappa shape index (κ1) is 15.6. The van der Waals surface area contributed by atoms with E-state index in [1.807, 2.05) is 0 Å². The first-order valence-electron chi connectivity index (χ1n) is 5.99. The predicted molar refractivity (Wildman–Crippen MR) is 73.3 cm³/mol. The molecule has 0 aromatic heterocycles. The van der Waals surface area contributed by atoms with Gasteiger partial charge < -0.3 is 15.2 Å². The molecule has 0 aliphatic carbocycles. The molecule has 0 saturated carbocycles. The normalized spacial score (nSPS) is 10.4. The number of phenolic OH excluding ortho intramolecular Hbond substituents is 1. The van der Waals surface area contributed by atoms with E-state index >= 15 is 0 Å². The lowest BCUT2D eigenvalue weighted by molar-refractivity contribution is -0.129. The van der Waals surface area contributed by atoms with Gasteiger partial charge in [-0.2, -0.15) is 5.10 Å². The van der Waals surface area contributed by atoms with Crippen LogP contribution in [0.15, 0.2) is 29.4 Å². The smallest absolute Gasteiger partial charge is 0.249 e. The largest absolute Gasteiger partial charge is 0.507 e. The van der Waals surface area contributed by atoms with Crippen LogP contribution in [0.25, 0.3) is 0 Å². The predicted octanol–water partition coefficient (Wildman–Crippen LogP) is -0.00500. The molecule has 1 rings (SSSR count). The number of carbonyl (C=O) groups excluding carboxylic acids is 2. The number of rotatable bonds is 7. The summed E-state index contributed by atoms with van der Waals surface area (Å²) in [7, 11) is 1.52. The van der Waals surface area contributed by atoms with Crippen molar-refractivity contribution in [3.05, 3.63) is 29.8 Å². The Morgan fingerprint density at radius 3 is 2.80 bits per heavy atom. The number of aromatic hydroxyl groups is 1. The molecule has 0 aliphatic rings. The molecule has 1 aromatic rings. The molecule has 0 saturated heterocycles. The fourth-order valence-electron chi connectivity index (χ4n) is 1.31. The van der Waals surface area contributed by atoms with Crippen LogP contribution in [0, 0.1) is 0 Å². The van der Waals surface area contributed by atoms with Crippen LogP contribution < -0.4 is 10.7 Å². The van der Waals surface area contributed by atoms with Gasteiger partial charge in [0, 0.05) is 19.2 Å². The van der Waals surface area contributed by atoms with E-state index in [-0.39, 0.29) is 12.2 Å². The van der Waals surface area contributed by atoms with Crippen molar-refractivity contribution >= 4 is 18.0 Å². The van der Waals surface area contributed by atoms with Gasteiger partial charge >= 0.3 is 0 Å². The minimum Gasteiger partial charge on any atom is -0.507 e. The average Bonchev–Trinajstić information content (AvgIpc) is 2.41. The Kier molecular flexibility index (Phi) is 6.77. The molecule has 2 amide bonds. The maximum absolute atomic E-state index is 11.4. The zero-order valence-electron chi connectivity index (χ0n) is 11.1. The van der Waals surface area contributed by atoms with Crippen LogP contribution in [0.1, 0.15) is 12.0 Å². The molecule has 0 aliphatic heterocycles. The van der Waals surface area contributed by atoms with Gasteiger partial charge in [-0.25, -0.2) is 5.43 Å². The summed E-state index contributed by atoms with van der Waals surface area (Å²) in [6.45, 7) is 0.739. The van der Waals surface area contributed by atoms with Crippen molar-refractivity contribution in [2.45, 2.75) is 6.42 Å². The van der Waals surface area contributed by atoms with E-state index < -0.39 is 11.8 Å². The number of hydrazone groups is 1. The summed E-state index contributed by atoms with van der Waals surface area (Å²) in [5.41, 5.74) is 2.68. The lowest BCUT2D eigenvalue weighted by Crippen LogP contribution is -2.31. The number of hydrogen-bond acceptors (Lipinski definition) is 5. The molecule has 0 fully saturated rings. The highest BCUT2D eigenvalue weighted by Crippen LogP contribution is 2.12. The van der Waals surface area contributed by atoms with Crippen molar-refractivity contribution in [1.29, 1.82) is 0 Å². The Balaban J connectivity index is 2.33. The van der Waals surface area contributed by atoms with Gasteiger partial charge in [-0.3, -0.25) is 9.59 Å². The lowest BCUT2D eigenvalue weighted by atomic mass is 10.2. The first-order valence-corrected chi connectivity index (χ1v) is 5.99. The standard InChI is InChI=1S/C13H17N3O4/c1-20-7-6-14-12(18)8-13(19)16-15-9-10-4-2-3-5-11(10)17/h2-5,9,17H,6-8H2,1H3,(H,14,18)(H,16,19). The SMILES string of the molecule is COCCNC(=O)CC(=O)NN=Cc1ccccc1O. The molecule has 0 atom stereocenters. The molecule has 0 unspecified atom stereocenters. The minimum atomic E-state index is -0.536. The number of methoxy groups -OCH3 is 1. The summed E-state index contributed by atoms with van der Waals surface area (Å²) in [5, 5.41) is 15.6. The Bertz CT molecular complexity index is 488. The molecule has 1 aromatic carbocycles. The Morgan fingerprint density at radius 1 is 1.35 bits per heavy atom. The molecular weight excluding hydrogens is 262 g/mol. The summed E-state index contributed by atoms with van der Waals surface area (Å²) in [6.07, 6.45) is 0.984. The molecule has 0 bridgehead atoms. The number of phenols is 1. The minimum absolute atomic E-state index is 0.0582. The average molecular weight is 279 g/mol. The molecule has 7 nitrogen and oxygen atoms in total. The van der Waals surface area contributed by atoms with E-state index in [0.717, 1.165) is 0 Å². The van der Waals surface area contributed by atoms with Crippen molar-refractivity contribution in [3.63, 3.8) is 0 Å². The van der Waals surface area contributed by atoms with E-state index in [9.17, 15) is 14.7 Å². The number of para-hydroxylation sites is 1. The van der Waals surface area contributed by atoms with Crippen LogP contribution in [0.2, 0.25) is 0 Å². The van der Waals surface area contributed by atoms with E-state index in [1.54, 1.807) is 18.2 Å². The zero-order chi connectivity index (χ0) is 14.8. The zero-order valence-corrected chi connectivity index (χ0v) is 11.1. The third-order valence-electron chi connectivity index (χ3n) is 2.28. The maximum atomic E-state index is 11.4. The number of carbonyl (C=O) groups is 2. The van der Waals surface area contributed by atoms with Crippen LogP contribution >= 0.6 is 0 Å². The quantitative estimate of drug-likeness (QED) is 0.283. The van der Waals surface area contributed by atoms with Crippen LogP contribution in [-0.2, 0) is 14.3 Å². The van der Waals surface area contributed by atoms with E-state index in [0.29, 0.717) is 18.7 Å². The Hall–Kier alpha value is -2.41. The summed E-state index contributed by atoms with van der Waals surface area (Å²) in [4.78, 5) is 22.7. The second kappa shape index (κ2) is 8.65. The van der Waals surface area contributed by atoms with Crippen LogP contribution in [0.5, 0.6) is 5.75 Å². The molecule has 20 heavy (non-hydrogen) atoms. The summed E-state index contributed by atoms with van der Waals surface area (Å²) in [5.74, 6) is -0.883. The Labute approximate surface area is 116 Å². The van der Waals surface area contributed by atoms with Crippen LogP contribution in [0.3, 0.4) is 0 Å². The van der Waals surface area contributed by atoms with Crippen LogP contribution in [0.4, 0.5) is 0 Å². The van der Waals surface area contributed by atoms with E-state index in [4.69, 9.17) is 4.74 Å². The van der Waals surface area contributed by atoms with Gasteiger partial charge in [0.05, 0.1) is 12.8 Å². The van der Waals surface area contributed by atoms with Gasteiger partial charge in [0.15, 0.2) is 0 Å². The van der Waals surface area contributed by atoms with E-state index in [1.165, 1.54) is 19.4 Å². The van der Waals surface area contributed by atoms with E-state index in [2.05, 4.69) is 15.8 Å². The summed E-state index contributed by atoms with van der Waals surface area (Å²) in [6, 6.07) is 6.55. The molecule has 7 heteroatoms. The fraction of sp³-hybridized carbons (Fsp3) is 0.308. The van der Waals surface area contributed by atoms with Gasteiger partial charge in [-0.15, -0.1) is 0 Å². The number of amides is 2. The lowest BCUT2D eigenvalue weighted by Gasteiger charge is -2.03. The summed E-state index contributed by atoms with van der Waals surface area (Å²) >= 11 is 0. The van der Waals surface area contributed by atoms with Gasteiger partial charge in [-0.1, -0.05) is 12.1 Å². The third kappa shape index (κ3) is 5.96. The fourth-order valence-corrected chi connectivity index (χ4v) is 1.31. The monoisotopic (exact) mass is 279 g/mol. The number of nitrogens with zero attached hydrogens (tertiary/aromatic N) is 1. The van der Waals surface area contributed by atoms with Crippen LogP contribution in [-0.4, -0.2) is 43.4 Å². The van der Waals surface area contributed by atoms with Crippen molar-refractivity contribution < 1.29 is 19.4 Å². The Morgan fingerprint density at radius 2 is 2.10 bits per heavy atom. The van der Waals surface area contributed by atoms with Crippen molar-refractivity contribution in [2.75, 3.05) is 20.3 Å². The highest BCUT2D eigenvalue weighted by atomic mass is 16.5. The number of ether oxygens (including phenoxy) is 1. The number of hydrogen-bond donors (Lipinski definition) is 3. The summed E-state index contributed by atoms with van der Waals surface area (Å²) < 4.78 is 4.76. The maximum Gasteiger partial charge on any atom is 0.249 e.